The van der Waals surface area contributed by atoms with Crippen LogP contribution in [-0.2, 0) is 4.79 Å². The number of hydrogen-bond acceptors (Lipinski definition) is 2. The van der Waals surface area contributed by atoms with Gasteiger partial charge < -0.3 is 10.4 Å². The number of aliphatic carboxylic acids is 1. The molecule has 0 aliphatic rings. The van der Waals surface area contributed by atoms with Crippen LogP contribution < -0.4 is 5.32 Å². The highest BCUT2D eigenvalue weighted by Gasteiger charge is 2.22. The fourth-order valence-electron chi connectivity index (χ4n) is 1.31. The standard InChI is InChI=1S/C12H12F3NO3/c1-6(12(18)19)16-11(17)8-4-2-7(3-5-8)9(13)10(14)15/h2-6,9-10H,1H3,(H,16,17)(H,18,19). The van der Waals surface area contributed by atoms with E-state index in [1.807, 2.05) is 0 Å². The number of carbonyl (C=O) groups is 2. The van der Waals surface area contributed by atoms with Crippen molar-refractivity contribution in [1.82, 2.24) is 5.32 Å². The summed E-state index contributed by atoms with van der Waals surface area (Å²) < 4.78 is 37.2. The quantitative estimate of drug-likeness (QED) is 0.865. The molecule has 19 heavy (non-hydrogen) atoms. The van der Waals surface area contributed by atoms with Crippen LogP contribution >= 0.6 is 0 Å². The van der Waals surface area contributed by atoms with Gasteiger partial charge in [0.25, 0.3) is 12.3 Å². The summed E-state index contributed by atoms with van der Waals surface area (Å²) in [6.45, 7) is 1.28. The monoisotopic (exact) mass is 275 g/mol. The zero-order valence-corrected chi connectivity index (χ0v) is 9.94. The third-order valence-corrected chi connectivity index (χ3v) is 2.43. The van der Waals surface area contributed by atoms with E-state index in [0.717, 1.165) is 24.3 Å². The number of carbonyl (C=O) groups excluding carboxylic acids is 1. The highest BCUT2D eigenvalue weighted by molar-refractivity contribution is 5.96. The van der Waals surface area contributed by atoms with Gasteiger partial charge in [0.1, 0.15) is 6.04 Å². The van der Waals surface area contributed by atoms with E-state index in [2.05, 4.69) is 5.32 Å². The molecule has 2 atom stereocenters. The van der Waals surface area contributed by atoms with Crippen molar-refractivity contribution in [3.63, 3.8) is 0 Å². The molecule has 1 rings (SSSR count). The molecule has 2 unspecified atom stereocenters. The Kier molecular flexibility index (Phi) is 4.91. The van der Waals surface area contributed by atoms with E-state index in [-0.39, 0.29) is 11.1 Å². The van der Waals surface area contributed by atoms with Crippen molar-refractivity contribution in [3.05, 3.63) is 35.4 Å². The molecule has 0 radical (unpaired) electrons. The van der Waals surface area contributed by atoms with Crippen LogP contribution in [0.1, 0.15) is 29.0 Å². The highest BCUT2D eigenvalue weighted by Crippen LogP contribution is 2.24. The van der Waals surface area contributed by atoms with Gasteiger partial charge in [-0.05, 0) is 24.6 Å². The highest BCUT2D eigenvalue weighted by atomic mass is 19.3. The van der Waals surface area contributed by atoms with Crippen molar-refractivity contribution in [2.75, 3.05) is 0 Å². The van der Waals surface area contributed by atoms with Gasteiger partial charge in [-0.1, -0.05) is 12.1 Å². The number of halogens is 3. The smallest absolute Gasteiger partial charge is 0.325 e. The van der Waals surface area contributed by atoms with E-state index in [0.29, 0.717) is 0 Å². The summed E-state index contributed by atoms with van der Waals surface area (Å²) in [5, 5.41) is 10.8. The molecule has 0 heterocycles. The molecule has 1 aromatic rings. The third kappa shape index (κ3) is 3.97. The van der Waals surface area contributed by atoms with Crippen molar-refractivity contribution in [2.45, 2.75) is 25.6 Å². The SMILES string of the molecule is CC(NC(=O)c1ccc(C(F)C(F)F)cc1)C(=O)O. The summed E-state index contributed by atoms with van der Waals surface area (Å²) in [7, 11) is 0. The summed E-state index contributed by atoms with van der Waals surface area (Å²) in [6.07, 6.45) is -5.54. The number of amides is 1. The number of rotatable bonds is 5. The van der Waals surface area contributed by atoms with Crippen molar-refractivity contribution >= 4 is 11.9 Å². The molecular weight excluding hydrogens is 263 g/mol. The minimum Gasteiger partial charge on any atom is -0.480 e. The van der Waals surface area contributed by atoms with Crippen molar-refractivity contribution < 1.29 is 27.9 Å². The average Bonchev–Trinajstić information content (AvgIpc) is 2.37. The van der Waals surface area contributed by atoms with Crippen LogP contribution in [0.2, 0.25) is 0 Å². The maximum atomic E-state index is 13.0. The Morgan fingerprint density at radius 3 is 2.11 bits per heavy atom. The van der Waals surface area contributed by atoms with Crippen LogP contribution in [0.5, 0.6) is 0 Å². The first kappa shape index (κ1) is 15.0. The molecule has 0 spiro atoms. The van der Waals surface area contributed by atoms with E-state index in [1.165, 1.54) is 6.92 Å². The normalized spacial score (nSPS) is 13.9. The first-order valence-corrected chi connectivity index (χ1v) is 5.38. The Bertz CT molecular complexity index is 462. The second-order valence-corrected chi connectivity index (χ2v) is 3.89. The van der Waals surface area contributed by atoms with Crippen molar-refractivity contribution in [1.29, 1.82) is 0 Å². The van der Waals surface area contributed by atoms with E-state index < -0.39 is 30.5 Å². The van der Waals surface area contributed by atoms with Gasteiger partial charge >= 0.3 is 5.97 Å². The van der Waals surface area contributed by atoms with E-state index in [1.54, 1.807) is 0 Å². The number of carboxylic acids is 1. The molecule has 7 heteroatoms. The lowest BCUT2D eigenvalue weighted by atomic mass is 10.1. The van der Waals surface area contributed by atoms with Crippen LogP contribution in [0.15, 0.2) is 24.3 Å². The summed E-state index contributed by atoms with van der Waals surface area (Å²) in [4.78, 5) is 22.1. The molecule has 1 amide bonds. The van der Waals surface area contributed by atoms with Gasteiger partial charge in [0, 0.05) is 5.56 Å². The van der Waals surface area contributed by atoms with Crippen LogP contribution in [0.4, 0.5) is 13.2 Å². The Balaban J connectivity index is 2.76. The summed E-state index contributed by atoms with van der Waals surface area (Å²) in [5.41, 5.74) is -0.170. The topological polar surface area (TPSA) is 66.4 Å². The second-order valence-electron chi connectivity index (χ2n) is 3.89. The Labute approximate surface area is 107 Å². The van der Waals surface area contributed by atoms with E-state index in [9.17, 15) is 22.8 Å². The fraction of sp³-hybridized carbons (Fsp3) is 0.333. The van der Waals surface area contributed by atoms with Gasteiger partial charge in [-0.25, -0.2) is 13.2 Å². The average molecular weight is 275 g/mol. The second kappa shape index (κ2) is 6.21. The van der Waals surface area contributed by atoms with Crippen LogP contribution in [-0.4, -0.2) is 29.5 Å². The minimum atomic E-state index is -3.13. The maximum absolute atomic E-state index is 13.0. The number of benzene rings is 1. The number of alkyl halides is 3. The molecule has 0 aromatic heterocycles. The Morgan fingerprint density at radius 1 is 1.16 bits per heavy atom. The Hall–Kier alpha value is -2.05. The lowest BCUT2D eigenvalue weighted by Crippen LogP contribution is -2.38. The van der Waals surface area contributed by atoms with Gasteiger partial charge in [-0.2, -0.15) is 0 Å². The van der Waals surface area contributed by atoms with Crippen molar-refractivity contribution in [2.24, 2.45) is 0 Å². The Morgan fingerprint density at radius 2 is 1.68 bits per heavy atom. The van der Waals surface area contributed by atoms with Crippen molar-refractivity contribution in [3.8, 4) is 0 Å². The molecule has 0 saturated carbocycles. The molecule has 0 aliphatic carbocycles. The predicted molar refractivity (Wildman–Crippen MR) is 60.9 cm³/mol. The van der Waals surface area contributed by atoms with Crippen LogP contribution in [0.25, 0.3) is 0 Å². The van der Waals surface area contributed by atoms with Gasteiger partial charge in [0.15, 0.2) is 6.17 Å². The van der Waals surface area contributed by atoms with E-state index >= 15 is 0 Å². The van der Waals surface area contributed by atoms with Gasteiger partial charge in [0.05, 0.1) is 0 Å². The molecule has 0 fully saturated rings. The zero-order chi connectivity index (χ0) is 14.6. The maximum Gasteiger partial charge on any atom is 0.325 e. The lowest BCUT2D eigenvalue weighted by Gasteiger charge is -2.10. The predicted octanol–water partition coefficient (Wildman–Crippen LogP) is 2.17. The largest absolute Gasteiger partial charge is 0.480 e. The molecule has 1 aromatic carbocycles. The molecule has 104 valence electrons. The molecule has 0 saturated heterocycles. The zero-order valence-electron chi connectivity index (χ0n) is 9.94. The molecule has 0 bridgehead atoms. The fourth-order valence-corrected chi connectivity index (χ4v) is 1.31. The first-order chi connectivity index (χ1) is 8.82. The summed E-state index contributed by atoms with van der Waals surface area (Å²) in [5.74, 6) is -1.87. The van der Waals surface area contributed by atoms with Gasteiger partial charge in [0.2, 0.25) is 0 Å². The summed E-state index contributed by atoms with van der Waals surface area (Å²) >= 11 is 0. The van der Waals surface area contributed by atoms with E-state index in [4.69, 9.17) is 5.11 Å². The number of hydrogen-bond donors (Lipinski definition) is 2. The lowest BCUT2D eigenvalue weighted by molar-refractivity contribution is -0.138. The number of carboxylic acid groups (broad SMARTS) is 1. The third-order valence-electron chi connectivity index (χ3n) is 2.43. The van der Waals surface area contributed by atoms with Crippen LogP contribution in [0.3, 0.4) is 0 Å². The molecule has 2 N–H and O–H groups in total. The van der Waals surface area contributed by atoms with Gasteiger partial charge in [-0.15, -0.1) is 0 Å². The number of nitrogens with one attached hydrogen (secondary N) is 1. The minimum absolute atomic E-state index is 0.0679. The summed E-state index contributed by atoms with van der Waals surface area (Å²) in [6, 6.07) is 3.37. The molecule has 0 aliphatic heterocycles. The molecule has 4 nitrogen and oxygen atoms in total. The van der Waals surface area contributed by atoms with Gasteiger partial charge in [-0.3, -0.25) is 9.59 Å². The first-order valence-electron chi connectivity index (χ1n) is 5.38. The van der Waals surface area contributed by atoms with Crippen LogP contribution in [0, 0.1) is 0 Å². The molecular formula is C12H12F3NO3.